The van der Waals surface area contributed by atoms with Crippen LogP contribution in [-0.2, 0) is 16.0 Å². The fourth-order valence-electron chi connectivity index (χ4n) is 2.24. The zero-order valence-electron chi connectivity index (χ0n) is 12.6. The van der Waals surface area contributed by atoms with Crippen molar-refractivity contribution in [1.29, 1.82) is 0 Å². The minimum Gasteiger partial charge on any atom is -0.348 e. The quantitative estimate of drug-likeness (QED) is 0.910. The van der Waals surface area contributed by atoms with Crippen LogP contribution in [0.15, 0.2) is 30.3 Å². The molecule has 0 unspecified atom stereocenters. The summed E-state index contributed by atoms with van der Waals surface area (Å²) in [5, 5.41) is 0. The maximum Gasteiger partial charge on any atom is 0.163 e. The Kier molecular flexibility index (Phi) is 5.98. The molecule has 108 valence electrons. The largest absolute Gasteiger partial charge is 0.348 e. The third kappa shape index (κ3) is 5.72. The molecule has 1 heterocycles. The molecular weight excluding hydrogens is 238 g/mol. The summed E-state index contributed by atoms with van der Waals surface area (Å²) in [4.78, 5) is 0. The van der Waals surface area contributed by atoms with Crippen molar-refractivity contribution in [2.75, 3.05) is 6.61 Å². The van der Waals surface area contributed by atoms with E-state index in [4.69, 9.17) is 15.2 Å². The Bertz CT molecular complexity index is 364. The average Bonchev–Trinajstić information content (AvgIpc) is 2.66. The van der Waals surface area contributed by atoms with Crippen LogP contribution in [0, 0.1) is 0 Å². The van der Waals surface area contributed by atoms with E-state index in [0.29, 0.717) is 6.54 Å². The fourth-order valence-corrected chi connectivity index (χ4v) is 2.24. The molecule has 2 N–H and O–H groups in total. The van der Waals surface area contributed by atoms with Gasteiger partial charge >= 0.3 is 0 Å². The molecule has 1 aromatic rings. The number of nitrogens with two attached hydrogens (primary N) is 1. The molecule has 0 saturated carbocycles. The highest BCUT2D eigenvalue weighted by Crippen LogP contribution is 2.33. The van der Waals surface area contributed by atoms with Gasteiger partial charge in [-0.1, -0.05) is 43.7 Å². The SMILES string of the molecule is CCC[C@@]1(C)COC(C)(C)O1.NCc1ccccc1. The summed E-state index contributed by atoms with van der Waals surface area (Å²) < 4.78 is 11.2. The van der Waals surface area contributed by atoms with Crippen molar-refractivity contribution in [2.24, 2.45) is 5.73 Å². The van der Waals surface area contributed by atoms with E-state index >= 15 is 0 Å². The van der Waals surface area contributed by atoms with E-state index in [1.807, 2.05) is 44.2 Å². The average molecular weight is 265 g/mol. The van der Waals surface area contributed by atoms with E-state index in [0.717, 1.165) is 19.4 Å². The molecule has 2 rings (SSSR count). The predicted octanol–water partition coefficient (Wildman–Crippen LogP) is 3.47. The summed E-state index contributed by atoms with van der Waals surface area (Å²) in [6.07, 6.45) is 2.23. The lowest BCUT2D eigenvalue weighted by Gasteiger charge is -2.24. The zero-order chi connectivity index (χ0) is 14.4. The molecule has 1 aliphatic rings. The molecule has 3 nitrogen and oxygen atoms in total. The molecule has 1 saturated heterocycles. The first kappa shape index (κ1) is 16.2. The van der Waals surface area contributed by atoms with Crippen molar-refractivity contribution >= 4 is 0 Å². The number of rotatable bonds is 3. The van der Waals surface area contributed by atoms with Crippen LogP contribution >= 0.6 is 0 Å². The van der Waals surface area contributed by atoms with Gasteiger partial charge in [0.1, 0.15) is 0 Å². The van der Waals surface area contributed by atoms with Gasteiger partial charge in [-0.3, -0.25) is 0 Å². The van der Waals surface area contributed by atoms with E-state index < -0.39 is 0 Å². The Balaban J connectivity index is 0.000000200. The maximum atomic E-state index is 5.75. The standard InChI is InChI=1S/C9H18O2.C7H9N/c1-5-6-9(4)7-10-8(2,3)11-9;8-6-7-4-2-1-3-5-7/h5-7H2,1-4H3;1-5H,6,8H2/t9-;/m0./s1. The molecule has 0 spiro atoms. The molecule has 0 aromatic heterocycles. The summed E-state index contributed by atoms with van der Waals surface area (Å²) in [5.74, 6) is -0.371. The summed E-state index contributed by atoms with van der Waals surface area (Å²) in [6, 6.07) is 9.99. The van der Waals surface area contributed by atoms with Crippen LogP contribution in [0.1, 0.15) is 46.1 Å². The molecule has 3 heteroatoms. The first-order chi connectivity index (χ1) is 8.91. The van der Waals surface area contributed by atoms with Crippen molar-refractivity contribution in [2.45, 2.75) is 58.5 Å². The van der Waals surface area contributed by atoms with Crippen LogP contribution in [0.3, 0.4) is 0 Å². The van der Waals surface area contributed by atoms with Gasteiger partial charge in [-0.25, -0.2) is 0 Å². The van der Waals surface area contributed by atoms with Crippen LogP contribution in [-0.4, -0.2) is 18.0 Å². The van der Waals surface area contributed by atoms with E-state index in [9.17, 15) is 0 Å². The Morgan fingerprint density at radius 1 is 1.16 bits per heavy atom. The van der Waals surface area contributed by atoms with Gasteiger partial charge in [-0.15, -0.1) is 0 Å². The zero-order valence-corrected chi connectivity index (χ0v) is 12.6. The number of hydrogen-bond donors (Lipinski definition) is 1. The number of hydrogen-bond acceptors (Lipinski definition) is 3. The van der Waals surface area contributed by atoms with Crippen molar-refractivity contribution in [1.82, 2.24) is 0 Å². The first-order valence-corrected chi connectivity index (χ1v) is 6.99. The number of ether oxygens (including phenoxy) is 2. The number of benzene rings is 1. The Hall–Kier alpha value is -0.900. The van der Waals surface area contributed by atoms with Gasteiger partial charge in [-0.05, 0) is 32.8 Å². The third-order valence-corrected chi connectivity index (χ3v) is 3.07. The Morgan fingerprint density at radius 2 is 1.79 bits per heavy atom. The first-order valence-electron chi connectivity index (χ1n) is 6.99. The van der Waals surface area contributed by atoms with Crippen molar-refractivity contribution in [3.63, 3.8) is 0 Å². The summed E-state index contributed by atoms with van der Waals surface area (Å²) >= 11 is 0. The van der Waals surface area contributed by atoms with Crippen molar-refractivity contribution in [3.05, 3.63) is 35.9 Å². The predicted molar refractivity (Wildman–Crippen MR) is 78.8 cm³/mol. The monoisotopic (exact) mass is 265 g/mol. The molecule has 0 bridgehead atoms. The second-order valence-corrected chi connectivity index (χ2v) is 5.68. The van der Waals surface area contributed by atoms with Gasteiger partial charge in [0.25, 0.3) is 0 Å². The lowest BCUT2D eigenvalue weighted by atomic mass is 10.0. The molecule has 1 aliphatic heterocycles. The highest BCUT2D eigenvalue weighted by Gasteiger charge is 2.40. The second kappa shape index (κ2) is 7.04. The molecule has 1 atom stereocenters. The van der Waals surface area contributed by atoms with Gasteiger partial charge in [-0.2, -0.15) is 0 Å². The van der Waals surface area contributed by atoms with Crippen LogP contribution < -0.4 is 5.73 Å². The summed E-state index contributed by atoms with van der Waals surface area (Å²) in [7, 11) is 0. The van der Waals surface area contributed by atoms with E-state index in [1.54, 1.807) is 0 Å². The van der Waals surface area contributed by atoms with Gasteiger partial charge < -0.3 is 15.2 Å². The highest BCUT2D eigenvalue weighted by molar-refractivity contribution is 5.13. The van der Waals surface area contributed by atoms with E-state index in [-0.39, 0.29) is 11.4 Å². The Labute approximate surface area is 117 Å². The fraction of sp³-hybridized carbons (Fsp3) is 0.625. The lowest BCUT2D eigenvalue weighted by molar-refractivity contribution is -0.158. The Morgan fingerprint density at radius 3 is 2.16 bits per heavy atom. The van der Waals surface area contributed by atoms with E-state index in [2.05, 4.69) is 13.8 Å². The molecule has 0 radical (unpaired) electrons. The van der Waals surface area contributed by atoms with Crippen LogP contribution in [0.5, 0.6) is 0 Å². The molecular formula is C16H27NO2. The third-order valence-electron chi connectivity index (χ3n) is 3.07. The molecule has 1 aromatic carbocycles. The minimum absolute atomic E-state index is 0.0434. The van der Waals surface area contributed by atoms with Crippen LogP contribution in [0.4, 0.5) is 0 Å². The van der Waals surface area contributed by atoms with E-state index in [1.165, 1.54) is 5.56 Å². The second-order valence-electron chi connectivity index (χ2n) is 5.68. The minimum atomic E-state index is -0.371. The lowest BCUT2D eigenvalue weighted by Crippen LogP contribution is -2.30. The molecule has 19 heavy (non-hydrogen) atoms. The van der Waals surface area contributed by atoms with Gasteiger partial charge in [0.05, 0.1) is 12.2 Å². The smallest absolute Gasteiger partial charge is 0.163 e. The summed E-state index contributed by atoms with van der Waals surface area (Å²) in [6.45, 7) is 9.59. The van der Waals surface area contributed by atoms with Gasteiger partial charge in [0.15, 0.2) is 5.79 Å². The maximum absolute atomic E-state index is 5.75. The molecule has 0 aliphatic carbocycles. The highest BCUT2D eigenvalue weighted by atomic mass is 16.7. The van der Waals surface area contributed by atoms with Crippen LogP contribution in [0.2, 0.25) is 0 Å². The normalized spacial score (nSPS) is 24.7. The van der Waals surface area contributed by atoms with Crippen molar-refractivity contribution in [3.8, 4) is 0 Å². The summed E-state index contributed by atoms with van der Waals surface area (Å²) in [5.41, 5.74) is 6.49. The topological polar surface area (TPSA) is 44.5 Å². The van der Waals surface area contributed by atoms with Crippen molar-refractivity contribution < 1.29 is 9.47 Å². The van der Waals surface area contributed by atoms with Gasteiger partial charge in [0, 0.05) is 6.54 Å². The molecule has 1 fully saturated rings. The molecule has 0 amide bonds. The van der Waals surface area contributed by atoms with Crippen LogP contribution in [0.25, 0.3) is 0 Å². The van der Waals surface area contributed by atoms with Gasteiger partial charge in [0.2, 0.25) is 0 Å².